The van der Waals surface area contributed by atoms with Gasteiger partial charge in [0.05, 0.1) is 0 Å². The Kier molecular flexibility index (Phi) is 6.57. The lowest BCUT2D eigenvalue weighted by Crippen LogP contribution is -3.07. The van der Waals surface area contributed by atoms with Crippen LogP contribution in [0.2, 0.25) is 82.8 Å². The van der Waals surface area contributed by atoms with E-state index in [0.29, 0.717) is 4.28 Å². The van der Waals surface area contributed by atoms with Crippen LogP contribution in [0.5, 0.6) is 0 Å². The lowest BCUT2D eigenvalue weighted by Gasteiger charge is -2.89. The zero-order valence-electron chi connectivity index (χ0n) is 23.9. The second-order valence-corrected chi connectivity index (χ2v) is 64.4. The number of benzene rings is 1. The van der Waals surface area contributed by atoms with Crippen molar-refractivity contribution < 1.29 is 0 Å². The van der Waals surface area contributed by atoms with Crippen LogP contribution in [0, 0.1) is 0 Å². The van der Waals surface area contributed by atoms with Crippen molar-refractivity contribution in [2.75, 3.05) is 0 Å². The molecule has 3 heterocycles. The van der Waals surface area contributed by atoms with Crippen molar-refractivity contribution >= 4 is 45.5 Å². The Labute approximate surface area is 206 Å². The molecule has 0 spiro atoms. The summed E-state index contributed by atoms with van der Waals surface area (Å²) in [6.45, 7) is 37.9. The summed E-state index contributed by atoms with van der Waals surface area (Å²) < 4.78 is 1.47. The largest absolute Gasteiger partial charge is 0.0713 e. The molecule has 4 rings (SSSR count). The standard InChI is InChI=1S/C26H54Si6/c1-14-15-16-20-23-25-27(2,3)30(8,9)26(24-21-18-17-19-22-24,31(10,11)28(25,4)5)32(12,13)29(25,6)7/h17-19,21-22H,14-16,20,23H2,1-13H3. The minimum atomic E-state index is -1.55. The van der Waals surface area contributed by atoms with Gasteiger partial charge in [0.25, 0.3) is 0 Å². The molecule has 2 bridgehead atoms. The molecular weight excluding hydrogens is 481 g/mol. The van der Waals surface area contributed by atoms with Crippen molar-refractivity contribution in [2.45, 2.75) is 126 Å². The van der Waals surface area contributed by atoms with Crippen LogP contribution >= 0.6 is 0 Å². The maximum absolute atomic E-state index is 2.97. The van der Waals surface area contributed by atoms with Crippen LogP contribution in [0.25, 0.3) is 0 Å². The highest BCUT2D eigenvalue weighted by Gasteiger charge is 2.91. The smallest absolute Gasteiger partial charge is 0.0464 e. The minimum Gasteiger partial charge on any atom is -0.0713 e. The van der Waals surface area contributed by atoms with Crippen molar-refractivity contribution in [1.82, 2.24) is 0 Å². The van der Waals surface area contributed by atoms with E-state index in [0.717, 1.165) is 4.28 Å². The molecular formula is C26H54Si6. The average molecular weight is 535 g/mol. The first-order valence-corrected chi connectivity index (χ1v) is 34.5. The number of hydrogen-bond acceptors (Lipinski definition) is 0. The van der Waals surface area contributed by atoms with Crippen molar-refractivity contribution in [3.63, 3.8) is 0 Å². The Morgan fingerprint density at radius 1 is 0.531 bits per heavy atom. The van der Waals surface area contributed by atoms with Gasteiger partial charge in [-0.05, 0) is 8.57 Å². The van der Waals surface area contributed by atoms with E-state index in [1.165, 1.54) is 25.7 Å². The van der Waals surface area contributed by atoms with Crippen molar-refractivity contribution in [3.8, 4) is 0 Å². The van der Waals surface area contributed by atoms with Crippen molar-refractivity contribution in [3.05, 3.63) is 35.9 Å². The third-order valence-corrected chi connectivity index (χ3v) is 103. The van der Waals surface area contributed by atoms with Gasteiger partial charge in [-0.3, -0.25) is 0 Å². The Balaban J connectivity index is 2.49. The van der Waals surface area contributed by atoms with Crippen LogP contribution in [0.1, 0.15) is 44.6 Å². The van der Waals surface area contributed by atoms with E-state index < -0.39 is 45.5 Å². The summed E-state index contributed by atoms with van der Waals surface area (Å²) in [5.41, 5.74) is 1.84. The molecule has 6 heteroatoms. The van der Waals surface area contributed by atoms with Gasteiger partial charge in [-0.25, -0.2) is 0 Å². The van der Waals surface area contributed by atoms with Gasteiger partial charge in [0.15, 0.2) is 0 Å². The second-order valence-electron chi connectivity index (χ2n) is 14.6. The Morgan fingerprint density at radius 3 is 1.31 bits per heavy atom. The van der Waals surface area contributed by atoms with Gasteiger partial charge in [-0.1, -0.05) is 153 Å². The van der Waals surface area contributed by atoms with Gasteiger partial charge in [0.1, 0.15) is 0 Å². The average Bonchev–Trinajstić information content (AvgIpc) is 2.66. The van der Waals surface area contributed by atoms with Crippen molar-refractivity contribution in [2.24, 2.45) is 0 Å². The van der Waals surface area contributed by atoms with Gasteiger partial charge in [-0.2, -0.15) is 0 Å². The molecule has 3 fully saturated rings. The lowest BCUT2D eigenvalue weighted by atomic mass is 10.2. The van der Waals surface area contributed by atoms with Crippen LogP contribution in [0.4, 0.5) is 0 Å². The summed E-state index contributed by atoms with van der Waals surface area (Å²) in [6.07, 6.45) is 7.44. The SMILES string of the molecule is CCCCCCC12[Si](C)(C)[Si](C)(C)C(c3ccccc3)([Si](C)(C)[Si]1(C)C)[Si](C)(C)[Si]2(C)C. The van der Waals surface area contributed by atoms with E-state index >= 15 is 0 Å². The summed E-state index contributed by atoms with van der Waals surface area (Å²) in [5, 5.41) is 0. The molecule has 0 atom stereocenters. The van der Waals surface area contributed by atoms with Gasteiger partial charge >= 0.3 is 0 Å². The highest BCUT2D eigenvalue weighted by molar-refractivity contribution is 7.77. The topological polar surface area (TPSA) is 0 Å². The second kappa shape index (κ2) is 7.76. The first-order valence-electron chi connectivity index (χ1n) is 13.5. The molecule has 3 aliphatic heterocycles. The molecule has 0 aromatic heterocycles. The summed E-state index contributed by atoms with van der Waals surface area (Å²) in [4.78, 5) is 0. The highest BCUT2D eigenvalue weighted by atomic mass is 29.4. The number of rotatable bonds is 6. The molecule has 0 N–H and O–H groups in total. The molecule has 0 amide bonds. The molecule has 0 aliphatic carbocycles. The van der Waals surface area contributed by atoms with Crippen LogP contribution in [0.3, 0.4) is 0 Å². The number of fused-ring (bicyclic) bond motifs is 3. The number of hydrogen-bond donors (Lipinski definition) is 0. The quantitative estimate of drug-likeness (QED) is 0.252. The molecule has 0 unspecified atom stereocenters. The van der Waals surface area contributed by atoms with Gasteiger partial charge < -0.3 is 0 Å². The number of unbranched alkanes of at least 4 members (excludes halogenated alkanes) is 3. The van der Waals surface area contributed by atoms with Crippen LogP contribution < -0.4 is 0 Å². The third kappa shape index (κ3) is 2.53. The maximum Gasteiger partial charge on any atom is 0.0464 e. The third-order valence-electron chi connectivity index (χ3n) is 13.3. The van der Waals surface area contributed by atoms with Crippen LogP contribution in [-0.2, 0) is 4.28 Å². The molecule has 3 saturated heterocycles. The van der Waals surface area contributed by atoms with Crippen molar-refractivity contribution in [1.29, 1.82) is 0 Å². The fourth-order valence-electron chi connectivity index (χ4n) is 11.2. The van der Waals surface area contributed by atoms with Gasteiger partial charge in [0.2, 0.25) is 0 Å². The van der Waals surface area contributed by atoms with Crippen LogP contribution in [-0.4, -0.2) is 45.5 Å². The predicted octanol–water partition coefficient (Wildman–Crippen LogP) is 8.84. The molecule has 1 aromatic carbocycles. The first kappa shape index (κ1) is 27.1. The normalized spacial score (nSPS) is 34.9. The van der Waals surface area contributed by atoms with E-state index in [2.05, 4.69) is 116 Å². The molecule has 182 valence electrons. The van der Waals surface area contributed by atoms with E-state index in [4.69, 9.17) is 0 Å². The summed E-state index contributed by atoms with van der Waals surface area (Å²) in [5.74, 6) is 0. The molecule has 1 aromatic rings. The highest BCUT2D eigenvalue weighted by Crippen LogP contribution is 2.78. The van der Waals surface area contributed by atoms with E-state index in [1.807, 2.05) is 5.56 Å². The summed E-state index contributed by atoms with van der Waals surface area (Å²) in [7, 11) is -9.08. The van der Waals surface area contributed by atoms with Gasteiger partial charge in [0, 0.05) is 45.5 Å². The Hall–Kier alpha value is 0.521. The zero-order chi connectivity index (χ0) is 24.6. The summed E-state index contributed by atoms with van der Waals surface area (Å²) in [6, 6.07) is 12.3. The monoisotopic (exact) mass is 534 g/mol. The first-order chi connectivity index (χ1) is 14.4. The fourth-order valence-corrected chi connectivity index (χ4v) is 155. The predicted molar refractivity (Wildman–Crippen MR) is 164 cm³/mol. The van der Waals surface area contributed by atoms with Gasteiger partial charge in [-0.15, -0.1) is 0 Å². The zero-order valence-corrected chi connectivity index (χ0v) is 29.9. The molecule has 32 heavy (non-hydrogen) atoms. The van der Waals surface area contributed by atoms with E-state index in [1.54, 1.807) is 6.42 Å². The molecule has 0 nitrogen and oxygen atoms in total. The maximum atomic E-state index is 2.97. The molecule has 3 aliphatic rings. The Bertz CT molecular complexity index is 778. The fraction of sp³-hybridized carbons (Fsp3) is 0.769. The van der Waals surface area contributed by atoms with E-state index in [9.17, 15) is 0 Å². The molecule has 0 radical (unpaired) electrons. The van der Waals surface area contributed by atoms with Crippen LogP contribution in [0.15, 0.2) is 30.3 Å². The van der Waals surface area contributed by atoms with E-state index in [-0.39, 0.29) is 0 Å². The minimum absolute atomic E-state index is 0.639. The summed E-state index contributed by atoms with van der Waals surface area (Å²) >= 11 is 0. The Morgan fingerprint density at radius 2 is 0.938 bits per heavy atom. The lowest BCUT2D eigenvalue weighted by molar-refractivity contribution is 0.616. The molecule has 0 saturated carbocycles.